The number of aromatic nitrogens is 1. The minimum atomic E-state index is -4.57. The second-order valence-electron chi connectivity index (χ2n) is 9.46. The van der Waals surface area contributed by atoms with Crippen LogP contribution in [0.3, 0.4) is 0 Å². The van der Waals surface area contributed by atoms with Crippen LogP contribution in [0.4, 0.5) is 13.2 Å². The van der Waals surface area contributed by atoms with E-state index in [1.54, 1.807) is 12.1 Å². The number of benzene rings is 2. The molecule has 40 heavy (non-hydrogen) atoms. The van der Waals surface area contributed by atoms with E-state index in [4.69, 9.17) is 16.3 Å². The summed E-state index contributed by atoms with van der Waals surface area (Å²) in [5.74, 6) is -0.403. The van der Waals surface area contributed by atoms with Crippen LogP contribution in [0.1, 0.15) is 65.0 Å². The number of hydrogen-bond donors (Lipinski definition) is 2. The Hall–Kier alpha value is -3.15. The molecule has 0 bridgehead atoms. The number of nitrogens with zero attached hydrogens (tertiary/aromatic N) is 1. The van der Waals surface area contributed by atoms with Crippen LogP contribution in [0, 0.1) is 0 Å². The van der Waals surface area contributed by atoms with Crippen molar-refractivity contribution in [3.8, 4) is 5.75 Å². The third kappa shape index (κ3) is 6.26. The highest BCUT2D eigenvalue weighted by Crippen LogP contribution is 2.43. The maximum atomic E-state index is 13.6. The first kappa shape index (κ1) is 29.8. The molecule has 0 saturated heterocycles. The van der Waals surface area contributed by atoms with Crippen molar-refractivity contribution >= 4 is 27.3 Å². The number of nitrogens with one attached hydrogen (secondary N) is 1. The molecule has 12 heteroatoms. The largest absolute Gasteiger partial charge is 0.489 e. The molecule has 3 aromatic rings. The van der Waals surface area contributed by atoms with Crippen molar-refractivity contribution in [1.82, 2.24) is 10.3 Å². The number of amides is 1. The van der Waals surface area contributed by atoms with Gasteiger partial charge < -0.3 is 15.2 Å². The summed E-state index contributed by atoms with van der Waals surface area (Å²) in [5, 5.41) is 12.5. The second kappa shape index (κ2) is 11.8. The predicted molar refractivity (Wildman–Crippen MR) is 143 cm³/mol. The maximum Gasteiger partial charge on any atom is 0.416 e. The third-order valence-electron chi connectivity index (χ3n) is 6.98. The van der Waals surface area contributed by atoms with Crippen molar-refractivity contribution in [2.24, 2.45) is 0 Å². The molecule has 2 unspecified atom stereocenters. The molecule has 1 aliphatic heterocycles. The average molecular weight is 597 g/mol. The summed E-state index contributed by atoms with van der Waals surface area (Å²) < 4.78 is 71.0. The zero-order chi connectivity index (χ0) is 29.2. The van der Waals surface area contributed by atoms with Gasteiger partial charge in [0.05, 0.1) is 34.6 Å². The van der Waals surface area contributed by atoms with E-state index < -0.39 is 46.2 Å². The van der Waals surface area contributed by atoms with Gasteiger partial charge in [-0.25, -0.2) is 8.42 Å². The molecule has 4 rings (SSSR count). The minimum Gasteiger partial charge on any atom is -0.489 e. The molecule has 1 amide bonds. The van der Waals surface area contributed by atoms with E-state index in [1.165, 1.54) is 43.5 Å². The Labute approximate surface area is 235 Å². The Kier molecular flexibility index (Phi) is 8.77. The predicted octanol–water partition coefficient (Wildman–Crippen LogP) is 5.51. The van der Waals surface area contributed by atoms with E-state index >= 15 is 0 Å². The van der Waals surface area contributed by atoms with E-state index in [0.29, 0.717) is 12.2 Å². The van der Waals surface area contributed by atoms with Crippen molar-refractivity contribution < 1.29 is 36.2 Å². The summed E-state index contributed by atoms with van der Waals surface area (Å²) in [5.41, 5.74) is 0.554. The number of sulfone groups is 1. The summed E-state index contributed by atoms with van der Waals surface area (Å²) in [6.07, 6.45) is -3.35. The topological polar surface area (TPSA) is 106 Å². The van der Waals surface area contributed by atoms with E-state index in [1.807, 2.05) is 6.92 Å². The van der Waals surface area contributed by atoms with Crippen LogP contribution >= 0.6 is 11.6 Å². The number of rotatable bonds is 9. The van der Waals surface area contributed by atoms with Gasteiger partial charge in [0, 0.05) is 34.7 Å². The van der Waals surface area contributed by atoms with Crippen molar-refractivity contribution in [3.63, 3.8) is 0 Å². The Morgan fingerprint density at radius 3 is 2.50 bits per heavy atom. The molecule has 0 radical (unpaired) electrons. The molecule has 2 heterocycles. The van der Waals surface area contributed by atoms with E-state index in [0.717, 1.165) is 11.6 Å². The van der Waals surface area contributed by atoms with Crippen molar-refractivity contribution in [2.75, 3.05) is 12.4 Å². The van der Waals surface area contributed by atoms with Gasteiger partial charge in [0.2, 0.25) is 0 Å². The lowest BCUT2D eigenvalue weighted by Crippen LogP contribution is -2.31. The van der Waals surface area contributed by atoms with Gasteiger partial charge in [0.15, 0.2) is 9.84 Å². The maximum absolute atomic E-state index is 13.6. The van der Waals surface area contributed by atoms with Crippen molar-refractivity contribution in [3.05, 3.63) is 87.7 Å². The SMILES string of the molecule is CCC1c2ccc(C(=O)N[C@@H](CO)c3ccc(S(=O)(=O)CC)cn3)cc2OC1Cc1ccc(Cl)cc1C(F)(F)F. The molecule has 1 aromatic heterocycles. The van der Waals surface area contributed by atoms with Gasteiger partial charge in [-0.1, -0.05) is 37.6 Å². The monoisotopic (exact) mass is 596 g/mol. The normalized spacial score (nSPS) is 17.7. The van der Waals surface area contributed by atoms with Gasteiger partial charge in [0.1, 0.15) is 11.9 Å². The molecule has 3 atom stereocenters. The molecular weight excluding hydrogens is 569 g/mol. The quantitative estimate of drug-likeness (QED) is 0.338. The number of aliphatic hydroxyl groups excluding tert-OH is 1. The van der Waals surface area contributed by atoms with Crippen molar-refractivity contribution in [1.29, 1.82) is 0 Å². The Morgan fingerprint density at radius 1 is 1.15 bits per heavy atom. The van der Waals surface area contributed by atoms with Gasteiger partial charge in [-0.15, -0.1) is 0 Å². The Morgan fingerprint density at radius 2 is 1.90 bits per heavy atom. The van der Waals surface area contributed by atoms with E-state index in [2.05, 4.69) is 10.3 Å². The molecule has 2 aromatic carbocycles. The van der Waals surface area contributed by atoms with Crippen LogP contribution in [-0.4, -0.2) is 42.9 Å². The first-order valence-corrected chi connectivity index (χ1v) is 14.7. The fourth-order valence-corrected chi connectivity index (χ4v) is 5.80. The number of aliphatic hydroxyl groups is 1. The van der Waals surface area contributed by atoms with Crippen LogP contribution < -0.4 is 10.1 Å². The molecule has 0 saturated carbocycles. The number of alkyl halides is 3. The Bertz CT molecular complexity index is 1500. The zero-order valence-electron chi connectivity index (χ0n) is 21.7. The number of ether oxygens (including phenoxy) is 1. The lowest BCUT2D eigenvalue weighted by molar-refractivity contribution is -0.138. The third-order valence-corrected chi connectivity index (χ3v) is 8.94. The highest BCUT2D eigenvalue weighted by molar-refractivity contribution is 7.91. The van der Waals surface area contributed by atoms with Crippen LogP contribution in [0.25, 0.3) is 0 Å². The number of hydrogen-bond acceptors (Lipinski definition) is 6. The molecule has 0 fully saturated rings. The number of carbonyl (C=O) groups excluding carboxylic acids is 1. The van der Waals surface area contributed by atoms with Crippen molar-refractivity contribution in [2.45, 2.75) is 55.8 Å². The summed E-state index contributed by atoms with van der Waals surface area (Å²) in [7, 11) is -3.45. The molecule has 214 valence electrons. The summed E-state index contributed by atoms with van der Waals surface area (Å²) in [6, 6.07) is 10.4. The molecule has 0 aliphatic carbocycles. The average Bonchev–Trinajstić information content (AvgIpc) is 3.28. The number of carbonyl (C=O) groups is 1. The number of halogens is 4. The van der Waals surface area contributed by atoms with E-state index in [-0.39, 0.29) is 44.8 Å². The molecule has 2 N–H and O–H groups in total. The fourth-order valence-electron chi connectivity index (χ4n) is 4.81. The van der Waals surface area contributed by atoms with Crippen LogP contribution in [-0.2, 0) is 22.4 Å². The van der Waals surface area contributed by atoms with E-state index in [9.17, 15) is 31.5 Å². The standard InChI is InChI=1S/C28H28ClF3N2O5S/c1-3-20-21-9-6-17(27(36)34-24(15-35)23-10-8-19(14-33-23)40(37,38)4-2)12-26(21)39-25(20)11-16-5-7-18(29)13-22(16)28(30,31)32/h5-10,12-14,20,24-25,35H,3-4,11,15H2,1-2H3,(H,34,36)/t20?,24-,25?/m0/s1. The van der Waals surface area contributed by atoms with Gasteiger partial charge in [-0.05, 0) is 48.4 Å². The first-order valence-electron chi connectivity index (χ1n) is 12.6. The highest BCUT2D eigenvalue weighted by Gasteiger charge is 2.38. The first-order chi connectivity index (χ1) is 18.9. The minimum absolute atomic E-state index is 0.00271. The molecular formula is C28H28ClF3N2O5S. The van der Waals surface area contributed by atoms with Gasteiger partial charge in [0.25, 0.3) is 5.91 Å². The lowest BCUT2D eigenvalue weighted by atomic mass is 9.88. The van der Waals surface area contributed by atoms with Crippen LogP contribution in [0.5, 0.6) is 5.75 Å². The van der Waals surface area contributed by atoms with Gasteiger partial charge in [-0.3, -0.25) is 9.78 Å². The van der Waals surface area contributed by atoms with Gasteiger partial charge >= 0.3 is 6.18 Å². The fraction of sp³-hybridized carbons (Fsp3) is 0.357. The van der Waals surface area contributed by atoms with Crippen LogP contribution in [0.15, 0.2) is 59.6 Å². The smallest absolute Gasteiger partial charge is 0.416 e. The highest BCUT2D eigenvalue weighted by atomic mass is 35.5. The Balaban J connectivity index is 1.52. The number of fused-ring (bicyclic) bond motifs is 1. The summed E-state index contributed by atoms with van der Waals surface area (Å²) >= 11 is 5.82. The second-order valence-corrected chi connectivity index (χ2v) is 12.2. The zero-order valence-corrected chi connectivity index (χ0v) is 23.3. The molecule has 1 aliphatic rings. The lowest BCUT2D eigenvalue weighted by Gasteiger charge is -2.20. The number of pyridine rings is 1. The molecule has 0 spiro atoms. The van der Waals surface area contributed by atoms with Gasteiger partial charge in [-0.2, -0.15) is 13.2 Å². The summed E-state index contributed by atoms with van der Waals surface area (Å²) in [6.45, 7) is 2.95. The molecule has 7 nitrogen and oxygen atoms in total. The summed E-state index contributed by atoms with van der Waals surface area (Å²) in [4.78, 5) is 17.2. The van der Waals surface area contributed by atoms with Crippen LogP contribution in [0.2, 0.25) is 5.02 Å².